The Morgan fingerprint density at radius 3 is 2.08 bits per heavy atom. The summed E-state index contributed by atoms with van der Waals surface area (Å²) >= 11 is 0. The minimum absolute atomic E-state index is 0.172. The molecule has 2 unspecified atom stereocenters. The van der Waals surface area contributed by atoms with Crippen LogP contribution in [0.25, 0.3) is 65.4 Å². The molecule has 49 heavy (non-hydrogen) atoms. The summed E-state index contributed by atoms with van der Waals surface area (Å²) in [6.07, 6.45) is -0.483. The molecule has 1 aliphatic heterocycles. The summed E-state index contributed by atoms with van der Waals surface area (Å²) in [7, 11) is 0. The Balaban J connectivity index is 1.09. The highest BCUT2D eigenvalue weighted by atomic mass is 16.3. The van der Waals surface area contributed by atoms with Crippen LogP contribution in [0.5, 0.6) is 0 Å². The molecule has 4 heteroatoms. The molecule has 8 aromatic carbocycles. The standard InChI is InChI=1S/C45H31N3O/c1-2-11-31(12-3-1)43-46-44(35-22-20-30-19-18-29-10-6-7-14-36(29)39(30)26-35)48-45(47-43)38-15-8-16-40-42(38)37-24-23-34(27-41(37)49-40)33-21-17-28-9-4-5-13-32(28)25-33/h1-27,44-45,48H,(H,46,47). The van der Waals surface area contributed by atoms with E-state index in [0.717, 1.165) is 50.0 Å². The third-order valence-electron chi connectivity index (χ3n) is 9.92. The summed E-state index contributed by atoms with van der Waals surface area (Å²) in [4.78, 5) is 5.29. The maximum absolute atomic E-state index is 6.55. The Morgan fingerprint density at radius 2 is 1.18 bits per heavy atom. The van der Waals surface area contributed by atoms with Gasteiger partial charge in [-0.1, -0.05) is 133 Å². The van der Waals surface area contributed by atoms with Crippen LogP contribution in [-0.4, -0.2) is 5.84 Å². The minimum Gasteiger partial charge on any atom is -0.456 e. The molecule has 4 nitrogen and oxygen atoms in total. The number of fused-ring (bicyclic) bond motifs is 7. The second-order valence-electron chi connectivity index (χ2n) is 12.9. The Bertz CT molecular complexity index is 2740. The topological polar surface area (TPSA) is 49.6 Å². The van der Waals surface area contributed by atoms with Gasteiger partial charge in [0.15, 0.2) is 0 Å². The zero-order chi connectivity index (χ0) is 32.3. The molecule has 0 saturated carbocycles. The molecule has 0 bridgehead atoms. The zero-order valence-electron chi connectivity index (χ0n) is 26.6. The number of aliphatic imine (C=N–C) groups is 1. The summed E-state index contributed by atoms with van der Waals surface area (Å²) in [6.45, 7) is 0. The number of furan rings is 1. The maximum Gasteiger partial charge on any atom is 0.136 e. The van der Waals surface area contributed by atoms with E-state index in [9.17, 15) is 0 Å². The van der Waals surface area contributed by atoms with Crippen molar-refractivity contribution < 1.29 is 4.42 Å². The van der Waals surface area contributed by atoms with E-state index in [0.29, 0.717) is 0 Å². The lowest BCUT2D eigenvalue weighted by atomic mass is 9.97. The van der Waals surface area contributed by atoms with Crippen LogP contribution in [0.2, 0.25) is 0 Å². The van der Waals surface area contributed by atoms with E-state index in [1.54, 1.807) is 0 Å². The van der Waals surface area contributed by atoms with Crippen molar-refractivity contribution in [3.05, 3.63) is 180 Å². The number of nitrogens with zero attached hydrogens (tertiary/aromatic N) is 1. The summed E-state index contributed by atoms with van der Waals surface area (Å²) in [5.41, 5.74) is 7.31. The number of rotatable bonds is 4. The fourth-order valence-electron chi connectivity index (χ4n) is 7.46. The van der Waals surface area contributed by atoms with Gasteiger partial charge >= 0.3 is 0 Å². The van der Waals surface area contributed by atoms with E-state index in [1.165, 1.54) is 37.9 Å². The lowest BCUT2D eigenvalue weighted by molar-refractivity contribution is 0.411. The number of amidine groups is 1. The molecule has 232 valence electrons. The first-order valence-corrected chi connectivity index (χ1v) is 16.8. The molecule has 0 aliphatic carbocycles. The number of hydrogen-bond donors (Lipinski definition) is 2. The average molecular weight is 630 g/mol. The molecule has 9 aromatic rings. The van der Waals surface area contributed by atoms with Gasteiger partial charge in [0.25, 0.3) is 0 Å². The Labute approximate surface area is 283 Å². The number of nitrogens with one attached hydrogen (secondary N) is 2. The third-order valence-corrected chi connectivity index (χ3v) is 9.92. The van der Waals surface area contributed by atoms with Gasteiger partial charge in [-0.15, -0.1) is 0 Å². The van der Waals surface area contributed by atoms with Crippen molar-refractivity contribution in [2.24, 2.45) is 4.99 Å². The van der Waals surface area contributed by atoms with E-state index >= 15 is 0 Å². The minimum atomic E-state index is -0.311. The van der Waals surface area contributed by atoms with Crippen LogP contribution in [0, 0.1) is 0 Å². The Morgan fingerprint density at radius 1 is 0.469 bits per heavy atom. The highest BCUT2D eigenvalue weighted by Gasteiger charge is 2.28. The first kappa shape index (κ1) is 27.8. The van der Waals surface area contributed by atoms with Crippen LogP contribution >= 0.6 is 0 Å². The van der Waals surface area contributed by atoms with Crippen LogP contribution in [0.3, 0.4) is 0 Å². The quantitative estimate of drug-likeness (QED) is 0.190. The molecular weight excluding hydrogens is 599 g/mol. The number of benzene rings is 8. The third kappa shape index (κ3) is 4.76. The predicted molar refractivity (Wildman–Crippen MR) is 203 cm³/mol. The molecule has 0 radical (unpaired) electrons. The van der Waals surface area contributed by atoms with E-state index in [-0.39, 0.29) is 12.3 Å². The predicted octanol–water partition coefficient (Wildman–Crippen LogP) is 11.0. The largest absolute Gasteiger partial charge is 0.456 e. The monoisotopic (exact) mass is 629 g/mol. The summed E-state index contributed by atoms with van der Waals surface area (Å²) in [5.74, 6) is 0.857. The van der Waals surface area contributed by atoms with E-state index in [4.69, 9.17) is 9.41 Å². The van der Waals surface area contributed by atoms with E-state index in [1.807, 2.05) is 6.07 Å². The van der Waals surface area contributed by atoms with Crippen molar-refractivity contribution in [2.45, 2.75) is 12.3 Å². The van der Waals surface area contributed by atoms with Crippen molar-refractivity contribution in [1.29, 1.82) is 0 Å². The van der Waals surface area contributed by atoms with Crippen molar-refractivity contribution in [2.75, 3.05) is 0 Å². The Hall–Kier alpha value is -6.23. The van der Waals surface area contributed by atoms with Crippen LogP contribution < -0.4 is 10.6 Å². The van der Waals surface area contributed by atoms with Crippen molar-refractivity contribution in [1.82, 2.24) is 10.6 Å². The van der Waals surface area contributed by atoms with Gasteiger partial charge in [-0.2, -0.15) is 0 Å². The first-order valence-electron chi connectivity index (χ1n) is 16.8. The molecule has 0 amide bonds. The van der Waals surface area contributed by atoms with Crippen molar-refractivity contribution in [3.8, 4) is 11.1 Å². The summed E-state index contributed by atoms with van der Waals surface area (Å²) < 4.78 is 6.55. The van der Waals surface area contributed by atoms with Gasteiger partial charge in [0.2, 0.25) is 0 Å². The van der Waals surface area contributed by atoms with Gasteiger partial charge in [0.05, 0.1) is 0 Å². The van der Waals surface area contributed by atoms with Crippen LogP contribution in [0.15, 0.2) is 173 Å². The molecule has 0 saturated heterocycles. The molecule has 2 atom stereocenters. The van der Waals surface area contributed by atoms with Crippen molar-refractivity contribution >= 4 is 60.1 Å². The highest BCUT2D eigenvalue weighted by molar-refractivity contribution is 6.09. The van der Waals surface area contributed by atoms with Gasteiger partial charge < -0.3 is 9.73 Å². The second-order valence-corrected chi connectivity index (χ2v) is 12.9. The highest BCUT2D eigenvalue weighted by Crippen LogP contribution is 2.39. The molecule has 0 spiro atoms. The lowest BCUT2D eigenvalue weighted by Crippen LogP contribution is -2.45. The van der Waals surface area contributed by atoms with E-state index < -0.39 is 0 Å². The fraction of sp³-hybridized carbons (Fsp3) is 0.0444. The van der Waals surface area contributed by atoms with Crippen LogP contribution in [-0.2, 0) is 0 Å². The normalized spacial score (nSPS) is 16.4. The molecule has 10 rings (SSSR count). The molecule has 2 N–H and O–H groups in total. The molecule has 1 aliphatic rings. The molecular formula is C45H31N3O. The lowest BCUT2D eigenvalue weighted by Gasteiger charge is -2.32. The molecule has 0 fully saturated rings. The summed E-state index contributed by atoms with van der Waals surface area (Å²) in [6, 6.07) is 58.1. The maximum atomic E-state index is 6.55. The fourth-order valence-corrected chi connectivity index (χ4v) is 7.46. The van der Waals surface area contributed by atoms with Gasteiger partial charge in [0, 0.05) is 21.9 Å². The van der Waals surface area contributed by atoms with Gasteiger partial charge in [-0.05, 0) is 79.3 Å². The first-order chi connectivity index (χ1) is 24.2. The average Bonchev–Trinajstić information content (AvgIpc) is 3.56. The Kier molecular flexibility index (Phi) is 6.36. The SMILES string of the molecule is c1ccc(C2=NC(c3cccc4oc5cc(-c6ccc7ccccc7c6)ccc5c34)NC(c3ccc4ccc5ccccc5c4c3)N2)cc1. The van der Waals surface area contributed by atoms with Crippen LogP contribution in [0.4, 0.5) is 0 Å². The van der Waals surface area contributed by atoms with Gasteiger partial charge in [0.1, 0.15) is 29.3 Å². The molecule has 2 heterocycles. The van der Waals surface area contributed by atoms with E-state index in [2.05, 4.69) is 168 Å². The second kappa shape index (κ2) is 11.2. The summed E-state index contributed by atoms with van der Waals surface area (Å²) in [5, 5.41) is 17.2. The van der Waals surface area contributed by atoms with Crippen LogP contribution in [0.1, 0.15) is 29.0 Å². The smallest absolute Gasteiger partial charge is 0.136 e. The number of hydrogen-bond acceptors (Lipinski definition) is 4. The van der Waals surface area contributed by atoms with Crippen molar-refractivity contribution in [3.63, 3.8) is 0 Å². The van der Waals surface area contributed by atoms with Gasteiger partial charge in [-0.25, -0.2) is 4.99 Å². The zero-order valence-corrected chi connectivity index (χ0v) is 26.6. The van der Waals surface area contributed by atoms with Gasteiger partial charge in [-0.3, -0.25) is 5.32 Å². The molecule has 1 aromatic heterocycles.